The number of fused-ring (bicyclic) bond motifs is 10. The van der Waals surface area contributed by atoms with Crippen molar-refractivity contribution >= 4 is 65.6 Å². The highest BCUT2D eigenvalue weighted by atomic mass is 16.3. The summed E-state index contributed by atoms with van der Waals surface area (Å²) in [6.07, 6.45) is 0. The molecule has 0 unspecified atom stereocenters. The van der Waals surface area contributed by atoms with Crippen molar-refractivity contribution in [2.45, 2.75) is 0 Å². The number of hydrogen-bond donors (Lipinski definition) is 0. The van der Waals surface area contributed by atoms with Gasteiger partial charge in [-0.25, -0.2) is 0 Å². The van der Waals surface area contributed by atoms with Gasteiger partial charge >= 0.3 is 0 Å². The van der Waals surface area contributed by atoms with Crippen molar-refractivity contribution in [3.63, 3.8) is 0 Å². The average molecular weight is 600 g/mol. The van der Waals surface area contributed by atoms with E-state index in [0.717, 1.165) is 77.3 Å². The molecule has 0 spiro atoms. The smallest absolute Gasteiger partial charge is 0.136 e. The summed E-state index contributed by atoms with van der Waals surface area (Å²) in [6.45, 7) is 0. The van der Waals surface area contributed by atoms with Gasteiger partial charge in [0.05, 0.1) is 33.7 Å². The van der Waals surface area contributed by atoms with Crippen LogP contribution in [0.5, 0.6) is 0 Å². The van der Waals surface area contributed by atoms with Crippen LogP contribution in [0.25, 0.3) is 88.1 Å². The van der Waals surface area contributed by atoms with E-state index in [-0.39, 0.29) is 0 Å². The lowest BCUT2D eigenvalue weighted by atomic mass is 9.99. The molecule has 0 aliphatic rings. The maximum atomic E-state index is 10.5. The lowest BCUT2D eigenvalue weighted by Crippen LogP contribution is -1.97. The summed E-state index contributed by atoms with van der Waals surface area (Å²) in [7, 11) is 0. The van der Waals surface area contributed by atoms with Crippen LogP contribution < -0.4 is 0 Å². The Morgan fingerprint density at radius 1 is 0.447 bits per heavy atom. The van der Waals surface area contributed by atoms with Gasteiger partial charge in [-0.15, -0.1) is 0 Å². The molecule has 0 radical (unpaired) electrons. The molecule has 7 aromatic carbocycles. The van der Waals surface area contributed by atoms with Crippen LogP contribution in [-0.2, 0) is 0 Å². The van der Waals surface area contributed by atoms with Crippen LogP contribution in [0.15, 0.2) is 156 Å². The third-order valence-corrected chi connectivity index (χ3v) is 9.55. The number of furan rings is 1. The Labute approximate surface area is 269 Å². The predicted molar refractivity (Wildman–Crippen MR) is 193 cm³/mol. The van der Waals surface area contributed by atoms with Crippen molar-refractivity contribution in [3.05, 3.63) is 157 Å². The molecule has 47 heavy (non-hydrogen) atoms. The van der Waals surface area contributed by atoms with E-state index in [1.54, 1.807) is 0 Å². The van der Waals surface area contributed by atoms with Crippen molar-refractivity contribution in [1.29, 1.82) is 5.26 Å². The first-order chi connectivity index (χ1) is 23.3. The standard InChI is InChI=1S/C43H25N3O/c44-26-28-25-30(46-38-18-7-3-14-34(38)42-39(46)22-23-41-43(42)35-15-4-8-19-40(35)47-41)20-21-31(28)27-10-9-11-29(24-27)45-36-16-5-1-12-32(36)33-13-2-6-17-37(33)45/h1-25H. The van der Waals surface area contributed by atoms with Crippen molar-refractivity contribution in [2.75, 3.05) is 0 Å². The van der Waals surface area contributed by atoms with E-state index in [2.05, 4.69) is 149 Å². The third-order valence-electron chi connectivity index (χ3n) is 9.55. The molecule has 0 amide bonds. The number of hydrogen-bond acceptors (Lipinski definition) is 2. The Balaban J connectivity index is 1.17. The average Bonchev–Trinajstić information content (AvgIpc) is 3.79. The fourth-order valence-electron chi connectivity index (χ4n) is 7.58. The zero-order valence-electron chi connectivity index (χ0n) is 25.2. The third kappa shape index (κ3) is 3.63. The molecule has 4 heteroatoms. The molecule has 0 saturated heterocycles. The molecule has 0 N–H and O–H groups in total. The van der Waals surface area contributed by atoms with E-state index in [1.807, 2.05) is 18.2 Å². The molecular formula is C43H25N3O. The van der Waals surface area contributed by atoms with Crippen LogP contribution in [-0.4, -0.2) is 9.13 Å². The fourth-order valence-corrected chi connectivity index (χ4v) is 7.58. The first kappa shape index (κ1) is 25.7. The normalized spacial score (nSPS) is 11.8. The van der Waals surface area contributed by atoms with E-state index in [0.29, 0.717) is 5.56 Å². The second kappa shape index (κ2) is 9.71. The summed E-state index contributed by atoms with van der Waals surface area (Å²) < 4.78 is 10.8. The summed E-state index contributed by atoms with van der Waals surface area (Å²) in [5.74, 6) is 0. The quantitative estimate of drug-likeness (QED) is 0.203. The van der Waals surface area contributed by atoms with E-state index in [1.165, 1.54) is 10.8 Å². The zero-order valence-corrected chi connectivity index (χ0v) is 25.2. The summed E-state index contributed by atoms with van der Waals surface area (Å²) in [5, 5.41) is 17.5. The Hall–Kier alpha value is -6.57. The second-order valence-electron chi connectivity index (χ2n) is 12.0. The molecule has 3 heterocycles. The Morgan fingerprint density at radius 3 is 1.81 bits per heavy atom. The zero-order chi connectivity index (χ0) is 31.1. The van der Waals surface area contributed by atoms with Gasteiger partial charge in [-0.05, 0) is 71.8 Å². The molecule has 218 valence electrons. The van der Waals surface area contributed by atoms with Crippen LogP contribution in [0.3, 0.4) is 0 Å². The molecule has 0 fully saturated rings. The fraction of sp³-hybridized carbons (Fsp3) is 0. The topological polar surface area (TPSA) is 46.8 Å². The van der Waals surface area contributed by atoms with Crippen LogP contribution in [0.1, 0.15) is 5.56 Å². The molecule has 3 aromatic heterocycles. The molecule has 0 atom stereocenters. The minimum Gasteiger partial charge on any atom is -0.456 e. The number of nitrogens with zero attached hydrogens (tertiary/aromatic N) is 3. The van der Waals surface area contributed by atoms with Gasteiger partial charge in [0, 0.05) is 43.7 Å². The minimum atomic E-state index is 0.627. The molecule has 0 aliphatic heterocycles. The van der Waals surface area contributed by atoms with Gasteiger partial charge in [0.15, 0.2) is 0 Å². The highest BCUT2D eigenvalue weighted by Gasteiger charge is 2.19. The van der Waals surface area contributed by atoms with Crippen LogP contribution in [0.4, 0.5) is 0 Å². The van der Waals surface area contributed by atoms with E-state index >= 15 is 0 Å². The largest absolute Gasteiger partial charge is 0.456 e. The van der Waals surface area contributed by atoms with Gasteiger partial charge in [-0.1, -0.05) is 91.0 Å². The Bertz CT molecular complexity index is 2880. The van der Waals surface area contributed by atoms with E-state index < -0.39 is 0 Å². The highest BCUT2D eigenvalue weighted by Crippen LogP contribution is 2.42. The Kier molecular flexibility index (Phi) is 5.32. The lowest BCUT2D eigenvalue weighted by molar-refractivity contribution is 0.669. The summed E-state index contributed by atoms with van der Waals surface area (Å²) in [6, 6.07) is 55.2. The number of para-hydroxylation sites is 4. The van der Waals surface area contributed by atoms with E-state index in [9.17, 15) is 5.26 Å². The van der Waals surface area contributed by atoms with Crippen LogP contribution in [0.2, 0.25) is 0 Å². The molecule has 0 bridgehead atoms. The van der Waals surface area contributed by atoms with Crippen molar-refractivity contribution in [1.82, 2.24) is 9.13 Å². The molecule has 10 rings (SSSR count). The van der Waals surface area contributed by atoms with Gasteiger partial charge in [-0.3, -0.25) is 0 Å². The monoisotopic (exact) mass is 599 g/mol. The number of aromatic nitrogens is 2. The van der Waals surface area contributed by atoms with Crippen molar-refractivity contribution in [3.8, 4) is 28.6 Å². The van der Waals surface area contributed by atoms with Crippen LogP contribution >= 0.6 is 0 Å². The van der Waals surface area contributed by atoms with Gasteiger partial charge in [0.2, 0.25) is 0 Å². The van der Waals surface area contributed by atoms with Crippen LogP contribution in [0, 0.1) is 11.3 Å². The molecule has 10 aromatic rings. The number of rotatable bonds is 3. The lowest BCUT2D eigenvalue weighted by Gasteiger charge is -2.13. The maximum Gasteiger partial charge on any atom is 0.136 e. The predicted octanol–water partition coefficient (Wildman–Crippen LogP) is 11.3. The maximum absolute atomic E-state index is 10.5. The first-order valence-electron chi connectivity index (χ1n) is 15.8. The van der Waals surface area contributed by atoms with Gasteiger partial charge in [0.25, 0.3) is 0 Å². The molecular weight excluding hydrogens is 574 g/mol. The number of benzene rings is 7. The summed E-state index contributed by atoms with van der Waals surface area (Å²) in [4.78, 5) is 0. The molecule has 0 saturated carbocycles. The van der Waals surface area contributed by atoms with E-state index in [4.69, 9.17) is 4.42 Å². The summed E-state index contributed by atoms with van der Waals surface area (Å²) >= 11 is 0. The Morgan fingerprint density at radius 2 is 1.06 bits per heavy atom. The minimum absolute atomic E-state index is 0.627. The van der Waals surface area contributed by atoms with Gasteiger partial charge < -0.3 is 13.6 Å². The second-order valence-corrected chi connectivity index (χ2v) is 12.0. The van der Waals surface area contributed by atoms with Gasteiger partial charge in [0.1, 0.15) is 11.2 Å². The molecule has 0 aliphatic carbocycles. The van der Waals surface area contributed by atoms with Crippen molar-refractivity contribution < 1.29 is 4.42 Å². The SMILES string of the molecule is N#Cc1cc(-n2c3ccccc3c3c4c(ccc32)oc2ccccc24)ccc1-c1cccc(-n2c3ccccc3c3ccccc32)c1. The highest BCUT2D eigenvalue weighted by molar-refractivity contribution is 6.27. The first-order valence-corrected chi connectivity index (χ1v) is 15.8. The van der Waals surface area contributed by atoms with Gasteiger partial charge in [-0.2, -0.15) is 5.26 Å². The number of nitriles is 1. The summed E-state index contributed by atoms with van der Waals surface area (Å²) in [5.41, 5.74) is 10.8. The van der Waals surface area contributed by atoms with Crippen molar-refractivity contribution in [2.24, 2.45) is 0 Å². The molecule has 4 nitrogen and oxygen atoms in total.